The number of nitrogens with zero attached hydrogens (tertiary/aromatic N) is 2. The summed E-state index contributed by atoms with van der Waals surface area (Å²) in [5.74, 6) is 0.412. The van der Waals surface area contributed by atoms with Crippen LogP contribution in [-0.2, 0) is 4.74 Å². The van der Waals surface area contributed by atoms with Crippen molar-refractivity contribution in [1.29, 1.82) is 0 Å². The van der Waals surface area contributed by atoms with Gasteiger partial charge in [-0.05, 0) is 48.4 Å². The highest BCUT2D eigenvalue weighted by Crippen LogP contribution is 2.30. The van der Waals surface area contributed by atoms with E-state index in [1.807, 2.05) is 19.1 Å². The highest BCUT2D eigenvalue weighted by atomic mass is 35.5. The molecule has 0 saturated carbocycles. The average molecular weight is 512 g/mol. The second-order valence-electron chi connectivity index (χ2n) is 8.88. The van der Waals surface area contributed by atoms with Gasteiger partial charge in [0.2, 0.25) is 0 Å². The third kappa shape index (κ3) is 4.95. The molecule has 1 aliphatic rings. The number of aromatic amines is 2. The van der Waals surface area contributed by atoms with Crippen LogP contribution < -0.4 is 15.8 Å². The van der Waals surface area contributed by atoms with Crippen molar-refractivity contribution in [2.45, 2.75) is 19.1 Å². The van der Waals surface area contributed by atoms with Crippen molar-refractivity contribution in [3.63, 3.8) is 0 Å². The molecule has 188 valence electrons. The number of benzene rings is 2. The Kier molecular flexibility index (Phi) is 6.95. The Morgan fingerprint density at radius 2 is 2.19 bits per heavy atom. The van der Waals surface area contributed by atoms with Crippen molar-refractivity contribution in [3.05, 3.63) is 75.2 Å². The van der Waals surface area contributed by atoms with Gasteiger partial charge in [0, 0.05) is 36.5 Å². The van der Waals surface area contributed by atoms with E-state index in [0.29, 0.717) is 47.4 Å². The molecule has 0 aliphatic carbocycles. The van der Waals surface area contributed by atoms with E-state index >= 15 is 0 Å². The van der Waals surface area contributed by atoms with Crippen molar-refractivity contribution < 1.29 is 14.2 Å². The molecule has 0 radical (unpaired) electrons. The number of H-pyrrole nitrogens is 2. The molecule has 0 bridgehead atoms. The highest BCUT2D eigenvalue weighted by Gasteiger charge is 2.22. The van der Waals surface area contributed by atoms with Crippen molar-refractivity contribution in [1.82, 2.24) is 15.0 Å². The Hall–Kier alpha value is -3.40. The van der Waals surface area contributed by atoms with Crippen LogP contribution in [0.1, 0.15) is 17.2 Å². The molecule has 8 nitrogen and oxygen atoms in total. The number of hydrogen-bond acceptors (Lipinski definition) is 6. The lowest BCUT2D eigenvalue weighted by Crippen LogP contribution is -2.43. The Labute approximate surface area is 212 Å². The Morgan fingerprint density at radius 3 is 3.00 bits per heavy atom. The Morgan fingerprint density at radius 1 is 1.33 bits per heavy atom. The van der Waals surface area contributed by atoms with Crippen LogP contribution in [-0.4, -0.2) is 59.1 Å². The Bertz CT molecular complexity index is 1440. The van der Waals surface area contributed by atoms with Gasteiger partial charge in [0.1, 0.15) is 24.2 Å². The van der Waals surface area contributed by atoms with Crippen LogP contribution in [0.25, 0.3) is 22.4 Å². The number of aliphatic hydroxyl groups excluding tert-OH is 1. The summed E-state index contributed by atoms with van der Waals surface area (Å²) in [6, 6.07) is 12.7. The topological polar surface area (TPSA) is 106 Å². The molecule has 1 fully saturated rings. The number of ether oxygens (including phenoxy) is 1. The Balaban J connectivity index is 1.44. The van der Waals surface area contributed by atoms with Gasteiger partial charge in [-0.1, -0.05) is 23.7 Å². The van der Waals surface area contributed by atoms with E-state index in [0.717, 1.165) is 22.3 Å². The van der Waals surface area contributed by atoms with Gasteiger partial charge in [-0.3, -0.25) is 4.79 Å². The standard InChI is InChI=1S/C26H27ClFN5O3/c1-15-9-18(33-7-8-36-19(12-28)14-33)11-21-24(15)32-25(31-21)23-20(5-6-29-26(23)35)30-13-22(34)16-3-2-4-17(27)10-16/h2-6,9-11,19,22,34H,7-8,12-14H2,1H3,(H,31,32)(H2,29,30,35). The molecule has 1 saturated heterocycles. The van der Waals surface area contributed by atoms with Crippen molar-refractivity contribution in [2.24, 2.45) is 0 Å². The van der Waals surface area contributed by atoms with Gasteiger partial charge < -0.3 is 30.0 Å². The summed E-state index contributed by atoms with van der Waals surface area (Å²) in [7, 11) is 0. The number of fused-ring (bicyclic) bond motifs is 1. The minimum absolute atomic E-state index is 0.174. The first kappa shape index (κ1) is 24.3. The first-order chi connectivity index (χ1) is 17.4. The van der Waals surface area contributed by atoms with Gasteiger partial charge in [0.15, 0.2) is 0 Å². The number of aliphatic hydroxyl groups is 1. The second kappa shape index (κ2) is 10.3. The summed E-state index contributed by atoms with van der Waals surface area (Å²) in [4.78, 5) is 25.7. The number of hydrogen-bond donors (Lipinski definition) is 4. The lowest BCUT2D eigenvalue weighted by Gasteiger charge is -2.33. The van der Waals surface area contributed by atoms with E-state index in [2.05, 4.69) is 20.2 Å². The van der Waals surface area contributed by atoms with Crippen molar-refractivity contribution in [2.75, 3.05) is 43.1 Å². The fourth-order valence-electron chi connectivity index (χ4n) is 4.52. The van der Waals surface area contributed by atoms with E-state index in [1.165, 1.54) is 0 Å². The number of nitrogens with one attached hydrogen (secondary N) is 3. The maximum absolute atomic E-state index is 13.2. The molecule has 1 aliphatic heterocycles. The number of halogens is 2. The van der Waals surface area contributed by atoms with Gasteiger partial charge in [-0.25, -0.2) is 9.37 Å². The van der Waals surface area contributed by atoms with Crippen LogP contribution in [0.4, 0.5) is 15.8 Å². The largest absolute Gasteiger partial charge is 0.387 e. The number of anilines is 2. The van der Waals surface area contributed by atoms with Gasteiger partial charge in [-0.2, -0.15) is 0 Å². The third-order valence-corrected chi connectivity index (χ3v) is 6.59. The van der Waals surface area contributed by atoms with Crippen LogP contribution in [0, 0.1) is 6.92 Å². The molecular weight excluding hydrogens is 485 g/mol. The zero-order chi connectivity index (χ0) is 25.2. The number of pyridine rings is 1. The molecule has 2 unspecified atom stereocenters. The van der Waals surface area contributed by atoms with Crippen molar-refractivity contribution in [3.8, 4) is 11.4 Å². The zero-order valence-electron chi connectivity index (χ0n) is 19.7. The molecule has 0 amide bonds. The first-order valence-corrected chi connectivity index (χ1v) is 12.1. The smallest absolute Gasteiger partial charge is 0.261 e. The van der Waals surface area contributed by atoms with E-state index in [4.69, 9.17) is 21.3 Å². The monoisotopic (exact) mass is 511 g/mol. The maximum atomic E-state index is 13.2. The number of imidazole rings is 1. The van der Waals surface area contributed by atoms with Gasteiger partial charge in [0.05, 0.1) is 29.4 Å². The number of morpholine rings is 1. The molecule has 4 N–H and O–H groups in total. The molecule has 4 aromatic rings. The predicted molar refractivity (Wildman–Crippen MR) is 140 cm³/mol. The van der Waals surface area contributed by atoms with E-state index in [-0.39, 0.29) is 12.1 Å². The van der Waals surface area contributed by atoms with Crippen LogP contribution in [0.2, 0.25) is 5.02 Å². The summed E-state index contributed by atoms with van der Waals surface area (Å²) in [6.07, 6.45) is 0.287. The minimum atomic E-state index is -0.821. The average Bonchev–Trinajstić information content (AvgIpc) is 3.31. The van der Waals surface area contributed by atoms with E-state index < -0.39 is 18.9 Å². The summed E-state index contributed by atoms with van der Waals surface area (Å²) in [5, 5.41) is 14.3. The summed E-state index contributed by atoms with van der Waals surface area (Å²) in [6.45, 7) is 3.22. The fourth-order valence-corrected chi connectivity index (χ4v) is 4.72. The lowest BCUT2D eigenvalue weighted by atomic mass is 10.1. The van der Waals surface area contributed by atoms with Crippen LogP contribution in [0.3, 0.4) is 0 Å². The number of aromatic nitrogens is 3. The maximum Gasteiger partial charge on any atom is 0.261 e. The fraction of sp³-hybridized carbons (Fsp3) is 0.308. The lowest BCUT2D eigenvalue weighted by molar-refractivity contribution is 0.0247. The molecule has 2 aromatic heterocycles. The van der Waals surface area contributed by atoms with Crippen LogP contribution in [0.5, 0.6) is 0 Å². The first-order valence-electron chi connectivity index (χ1n) is 11.7. The predicted octanol–water partition coefficient (Wildman–Crippen LogP) is 4.20. The minimum Gasteiger partial charge on any atom is -0.387 e. The highest BCUT2D eigenvalue weighted by molar-refractivity contribution is 6.30. The molecule has 3 heterocycles. The third-order valence-electron chi connectivity index (χ3n) is 6.35. The molecule has 2 atom stereocenters. The SMILES string of the molecule is Cc1cc(N2CCOC(CF)C2)cc2[nH]c(-c3c(NCC(O)c4cccc(Cl)c4)cc[nH]c3=O)nc12. The summed E-state index contributed by atoms with van der Waals surface area (Å²) >= 11 is 6.04. The zero-order valence-corrected chi connectivity index (χ0v) is 20.5. The molecule has 0 spiro atoms. The molecular formula is C26H27ClFN5O3. The van der Waals surface area contributed by atoms with E-state index in [9.17, 15) is 14.3 Å². The van der Waals surface area contributed by atoms with Crippen molar-refractivity contribution >= 4 is 34.0 Å². The van der Waals surface area contributed by atoms with Gasteiger partial charge in [-0.15, -0.1) is 0 Å². The number of alkyl halides is 1. The number of aryl methyl sites for hydroxylation is 1. The quantitative estimate of drug-likeness (QED) is 0.296. The summed E-state index contributed by atoms with van der Waals surface area (Å²) in [5.41, 5.74) is 4.65. The van der Waals surface area contributed by atoms with Crippen LogP contribution in [0.15, 0.2) is 53.5 Å². The molecule has 5 rings (SSSR count). The molecule has 2 aromatic carbocycles. The van der Waals surface area contributed by atoms with Gasteiger partial charge in [0.25, 0.3) is 5.56 Å². The number of rotatable bonds is 7. The normalized spacial score (nSPS) is 16.9. The second-order valence-corrected chi connectivity index (χ2v) is 9.32. The van der Waals surface area contributed by atoms with E-state index in [1.54, 1.807) is 36.5 Å². The van der Waals surface area contributed by atoms with Gasteiger partial charge >= 0.3 is 0 Å². The summed E-state index contributed by atoms with van der Waals surface area (Å²) < 4.78 is 18.6. The molecule has 10 heteroatoms. The molecule has 36 heavy (non-hydrogen) atoms. The van der Waals surface area contributed by atoms with Crippen LogP contribution >= 0.6 is 11.6 Å².